The number of nitrogens with zero attached hydrogens (tertiary/aromatic N) is 1. The molecule has 1 aromatic carbocycles. The molecule has 114 valence electrons. The molecule has 0 spiro atoms. The van der Waals surface area contributed by atoms with Gasteiger partial charge >= 0.3 is 0 Å². The lowest BCUT2D eigenvalue weighted by atomic mass is 10.0. The molecular weight excluding hydrogens is 268 g/mol. The molecule has 1 rings (SSSR count). The van der Waals surface area contributed by atoms with E-state index >= 15 is 0 Å². The molecule has 1 aromatic rings. The minimum absolute atomic E-state index is 0.743. The van der Waals surface area contributed by atoms with Gasteiger partial charge in [-0.05, 0) is 37.1 Å². The van der Waals surface area contributed by atoms with Crippen molar-refractivity contribution in [3.63, 3.8) is 0 Å². The van der Waals surface area contributed by atoms with Crippen molar-refractivity contribution in [2.45, 2.75) is 47.1 Å². The summed E-state index contributed by atoms with van der Waals surface area (Å²) >= 11 is 6.48. The number of halogens is 1. The van der Waals surface area contributed by atoms with Crippen molar-refractivity contribution < 1.29 is 0 Å². The van der Waals surface area contributed by atoms with Crippen LogP contribution < -0.4 is 10.2 Å². The van der Waals surface area contributed by atoms with Gasteiger partial charge in [-0.15, -0.1) is 0 Å². The molecule has 0 unspecified atom stereocenters. The van der Waals surface area contributed by atoms with Crippen LogP contribution in [0.2, 0.25) is 5.02 Å². The number of hydrogen-bond donors (Lipinski definition) is 1. The van der Waals surface area contributed by atoms with Gasteiger partial charge in [-0.1, -0.05) is 51.3 Å². The third-order valence-corrected chi connectivity index (χ3v) is 4.25. The topological polar surface area (TPSA) is 15.3 Å². The summed E-state index contributed by atoms with van der Waals surface area (Å²) in [4.78, 5) is 2.40. The molecule has 3 heteroatoms. The van der Waals surface area contributed by atoms with Crippen LogP contribution in [0.25, 0.3) is 0 Å². The summed E-state index contributed by atoms with van der Waals surface area (Å²) < 4.78 is 0. The lowest BCUT2D eigenvalue weighted by Gasteiger charge is -2.28. The maximum absolute atomic E-state index is 6.48. The van der Waals surface area contributed by atoms with Gasteiger partial charge in [0.05, 0.1) is 10.7 Å². The van der Waals surface area contributed by atoms with E-state index in [4.69, 9.17) is 11.6 Å². The van der Waals surface area contributed by atoms with Gasteiger partial charge in [-0.25, -0.2) is 0 Å². The van der Waals surface area contributed by atoms with E-state index < -0.39 is 0 Å². The zero-order valence-electron chi connectivity index (χ0n) is 13.4. The van der Waals surface area contributed by atoms with Crippen molar-refractivity contribution in [3.05, 3.63) is 28.8 Å². The van der Waals surface area contributed by atoms with Crippen LogP contribution in [0.5, 0.6) is 0 Å². The summed E-state index contributed by atoms with van der Waals surface area (Å²) in [6, 6.07) is 6.44. The summed E-state index contributed by atoms with van der Waals surface area (Å²) in [6.07, 6.45) is 2.45. The molecule has 0 radical (unpaired) electrons. The summed E-state index contributed by atoms with van der Waals surface area (Å²) in [5.41, 5.74) is 2.42. The Bertz CT molecular complexity index is 389. The molecule has 20 heavy (non-hydrogen) atoms. The molecule has 0 aromatic heterocycles. The number of rotatable bonds is 9. The molecule has 0 heterocycles. The van der Waals surface area contributed by atoms with Gasteiger partial charge in [-0.3, -0.25) is 0 Å². The third-order valence-electron chi connectivity index (χ3n) is 3.95. The van der Waals surface area contributed by atoms with Gasteiger partial charge in [0.15, 0.2) is 0 Å². The minimum Gasteiger partial charge on any atom is -0.370 e. The first-order chi connectivity index (χ1) is 9.65. The van der Waals surface area contributed by atoms with E-state index in [9.17, 15) is 0 Å². The van der Waals surface area contributed by atoms with E-state index in [1.54, 1.807) is 0 Å². The number of nitrogens with one attached hydrogen (secondary N) is 1. The predicted octanol–water partition coefficient (Wildman–Crippen LogP) is 4.71. The highest BCUT2D eigenvalue weighted by Gasteiger charge is 2.13. The lowest BCUT2D eigenvalue weighted by Crippen LogP contribution is -2.29. The fraction of sp³-hybridized carbons (Fsp3) is 0.647. The van der Waals surface area contributed by atoms with Crippen LogP contribution in [-0.4, -0.2) is 19.6 Å². The fourth-order valence-corrected chi connectivity index (χ4v) is 2.77. The zero-order valence-corrected chi connectivity index (χ0v) is 14.1. The van der Waals surface area contributed by atoms with Gasteiger partial charge in [0.2, 0.25) is 0 Å². The quantitative estimate of drug-likeness (QED) is 0.710. The van der Waals surface area contributed by atoms with Crippen LogP contribution in [0, 0.1) is 5.92 Å². The van der Waals surface area contributed by atoms with Gasteiger partial charge in [0.1, 0.15) is 0 Å². The van der Waals surface area contributed by atoms with E-state index in [1.807, 2.05) is 0 Å². The zero-order chi connectivity index (χ0) is 15.0. The fourth-order valence-electron chi connectivity index (χ4n) is 2.44. The molecule has 0 atom stereocenters. The molecule has 0 bridgehead atoms. The van der Waals surface area contributed by atoms with Crippen molar-refractivity contribution in [1.29, 1.82) is 0 Å². The second-order valence-electron chi connectivity index (χ2n) is 5.29. The Labute approximate surface area is 129 Å². The highest BCUT2D eigenvalue weighted by atomic mass is 35.5. The molecule has 0 amide bonds. The smallest absolute Gasteiger partial charge is 0.0642 e. The van der Waals surface area contributed by atoms with Gasteiger partial charge in [-0.2, -0.15) is 0 Å². The second kappa shape index (κ2) is 9.25. The SMILES string of the molecule is CCNCc1ccc(N(CC)CC(CC)CC)c(Cl)c1. The highest BCUT2D eigenvalue weighted by Crippen LogP contribution is 2.28. The summed E-state index contributed by atoms with van der Waals surface area (Å²) in [7, 11) is 0. The highest BCUT2D eigenvalue weighted by molar-refractivity contribution is 6.33. The Kier molecular flexibility index (Phi) is 8.01. The molecule has 0 aliphatic carbocycles. The Morgan fingerprint density at radius 1 is 1.15 bits per heavy atom. The van der Waals surface area contributed by atoms with Crippen molar-refractivity contribution >= 4 is 17.3 Å². The van der Waals surface area contributed by atoms with Gasteiger partial charge < -0.3 is 10.2 Å². The number of benzene rings is 1. The standard InChI is InChI=1S/C17H29ClN2/c1-5-14(6-2)13-20(8-4)17-10-9-15(11-16(17)18)12-19-7-3/h9-11,14,19H,5-8,12-13H2,1-4H3. The Morgan fingerprint density at radius 3 is 2.35 bits per heavy atom. The first kappa shape index (κ1) is 17.3. The Hall–Kier alpha value is -0.730. The van der Waals surface area contributed by atoms with Crippen LogP contribution in [0.15, 0.2) is 18.2 Å². The summed E-state index contributed by atoms with van der Waals surface area (Å²) in [5, 5.41) is 4.20. The van der Waals surface area contributed by atoms with Crippen LogP contribution >= 0.6 is 11.6 Å². The summed E-state index contributed by atoms with van der Waals surface area (Å²) in [5.74, 6) is 0.743. The van der Waals surface area contributed by atoms with Crippen molar-refractivity contribution in [2.24, 2.45) is 5.92 Å². The monoisotopic (exact) mass is 296 g/mol. The van der Waals surface area contributed by atoms with Crippen molar-refractivity contribution in [3.8, 4) is 0 Å². The normalized spacial score (nSPS) is 11.1. The van der Waals surface area contributed by atoms with Crippen molar-refractivity contribution in [2.75, 3.05) is 24.5 Å². The maximum Gasteiger partial charge on any atom is 0.0642 e. The maximum atomic E-state index is 6.48. The Morgan fingerprint density at radius 2 is 1.85 bits per heavy atom. The van der Waals surface area contributed by atoms with Gasteiger partial charge in [0.25, 0.3) is 0 Å². The first-order valence-electron chi connectivity index (χ1n) is 7.90. The van der Waals surface area contributed by atoms with Gasteiger partial charge in [0, 0.05) is 19.6 Å². The Balaban J connectivity index is 2.81. The molecule has 0 aliphatic rings. The van der Waals surface area contributed by atoms with Crippen LogP contribution in [0.4, 0.5) is 5.69 Å². The lowest BCUT2D eigenvalue weighted by molar-refractivity contribution is 0.486. The first-order valence-corrected chi connectivity index (χ1v) is 8.27. The molecule has 0 aliphatic heterocycles. The van der Waals surface area contributed by atoms with E-state index in [1.165, 1.54) is 24.1 Å². The average molecular weight is 297 g/mol. The molecule has 2 nitrogen and oxygen atoms in total. The predicted molar refractivity (Wildman–Crippen MR) is 90.8 cm³/mol. The van der Waals surface area contributed by atoms with Crippen LogP contribution in [0.1, 0.15) is 46.1 Å². The second-order valence-corrected chi connectivity index (χ2v) is 5.69. The molecule has 0 saturated heterocycles. The van der Waals surface area contributed by atoms with Crippen LogP contribution in [0.3, 0.4) is 0 Å². The number of anilines is 1. The third kappa shape index (κ3) is 4.99. The number of hydrogen-bond acceptors (Lipinski definition) is 2. The molecule has 0 saturated carbocycles. The molecular formula is C17H29ClN2. The van der Waals surface area contributed by atoms with E-state index in [0.29, 0.717) is 0 Å². The summed E-state index contributed by atoms with van der Waals surface area (Å²) in [6.45, 7) is 12.8. The largest absolute Gasteiger partial charge is 0.370 e. The van der Waals surface area contributed by atoms with E-state index in [2.05, 4.69) is 56.1 Å². The minimum atomic E-state index is 0.743. The average Bonchev–Trinajstić information content (AvgIpc) is 2.47. The van der Waals surface area contributed by atoms with E-state index in [0.717, 1.165) is 37.1 Å². The van der Waals surface area contributed by atoms with Crippen molar-refractivity contribution in [1.82, 2.24) is 5.32 Å². The molecule has 1 N–H and O–H groups in total. The van der Waals surface area contributed by atoms with Crippen LogP contribution in [-0.2, 0) is 6.54 Å². The van der Waals surface area contributed by atoms with E-state index in [-0.39, 0.29) is 0 Å². The molecule has 0 fully saturated rings.